The van der Waals surface area contributed by atoms with Crippen molar-refractivity contribution in [3.05, 3.63) is 107 Å². The second kappa shape index (κ2) is 7.60. The van der Waals surface area contributed by atoms with Crippen LogP contribution in [0.5, 0.6) is 0 Å². The quantitative estimate of drug-likeness (QED) is 0.336. The summed E-state index contributed by atoms with van der Waals surface area (Å²) < 4.78 is 1.97. The van der Waals surface area contributed by atoms with E-state index >= 15 is 0 Å². The molecular formula is C23H17ClN2O. The van der Waals surface area contributed by atoms with E-state index in [1.807, 2.05) is 71.3 Å². The maximum Gasteiger partial charge on any atom is 0.221 e. The Kier molecular flexibility index (Phi) is 4.86. The van der Waals surface area contributed by atoms with Crippen LogP contribution in [-0.2, 0) is 6.54 Å². The number of fused-ring (bicyclic) bond motifs is 1. The molecule has 0 unspecified atom stereocenters. The third kappa shape index (κ3) is 3.83. The largest absolute Gasteiger partial charge is 0.317 e. The molecule has 0 N–H and O–H groups in total. The van der Waals surface area contributed by atoms with Crippen LogP contribution >= 0.6 is 11.6 Å². The normalized spacial score (nSPS) is 11.3. The topological polar surface area (TPSA) is 34.9 Å². The van der Waals surface area contributed by atoms with E-state index < -0.39 is 0 Å². The lowest BCUT2D eigenvalue weighted by atomic mass is 10.2. The summed E-state index contributed by atoms with van der Waals surface area (Å²) in [5.41, 5.74) is 3.80. The molecule has 3 aromatic carbocycles. The summed E-state index contributed by atoms with van der Waals surface area (Å²) in [4.78, 5) is 17.4. The monoisotopic (exact) mass is 372 g/mol. The Balaban J connectivity index is 1.70. The van der Waals surface area contributed by atoms with Crippen molar-refractivity contribution in [1.82, 2.24) is 9.55 Å². The Labute approximate surface area is 162 Å². The van der Waals surface area contributed by atoms with Gasteiger partial charge in [-0.05, 0) is 41.5 Å². The lowest BCUT2D eigenvalue weighted by Crippen LogP contribution is -2.09. The van der Waals surface area contributed by atoms with Crippen LogP contribution in [0.25, 0.3) is 17.1 Å². The van der Waals surface area contributed by atoms with E-state index in [2.05, 4.69) is 4.98 Å². The molecule has 3 nitrogen and oxygen atoms in total. The number of ketones is 1. The fraction of sp³-hybridized carbons (Fsp3) is 0.0435. The number of halogens is 1. The van der Waals surface area contributed by atoms with Crippen LogP contribution in [0.1, 0.15) is 21.7 Å². The molecule has 1 heterocycles. The molecule has 0 saturated heterocycles. The molecule has 4 heteroatoms. The highest BCUT2D eigenvalue weighted by Gasteiger charge is 2.15. The molecule has 4 rings (SSSR count). The molecule has 0 saturated carbocycles. The Morgan fingerprint density at radius 1 is 0.926 bits per heavy atom. The van der Waals surface area contributed by atoms with Crippen molar-refractivity contribution >= 4 is 34.5 Å². The summed E-state index contributed by atoms with van der Waals surface area (Å²) in [6.07, 6.45) is 3.34. The van der Waals surface area contributed by atoms with Gasteiger partial charge in [-0.2, -0.15) is 0 Å². The first-order chi connectivity index (χ1) is 13.2. The summed E-state index contributed by atoms with van der Waals surface area (Å²) in [6, 6.07) is 25.2. The number of carbonyl (C=O) groups excluding carboxylic acids is 1. The van der Waals surface area contributed by atoms with Crippen molar-refractivity contribution in [1.29, 1.82) is 0 Å². The summed E-state index contributed by atoms with van der Waals surface area (Å²) in [7, 11) is 0. The van der Waals surface area contributed by atoms with Crippen LogP contribution in [0.4, 0.5) is 0 Å². The van der Waals surface area contributed by atoms with E-state index in [0.29, 0.717) is 17.4 Å². The van der Waals surface area contributed by atoms with Crippen LogP contribution in [0.3, 0.4) is 0 Å². The zero-order valence-electron chi connectivity index (χ0n) is 14.5. The number of imidazole rings is 1. The molecule has 0 fully saturated rings. The molecule has 0 radical (unpaired) electrons. The molecule has 1 aromatic heterocycles. The van der Waals surface area contributed by atoms with E-state index in [4.69, 9.17) is 11.6 Å². The molecule has 0 aliphatic carbocycles. The average molecular weight is 373 g/mol. The van der Waals surface area contributed by atoms with Gasteiger partial charge < -0.3 is 4.57 Å². The van der Waals surface area contributed by atoms with E-state index in [0.717, 1.165) is 22.2 Å². The minimum atomic E-state index is -0.128. The van der Waals surface area contributed by atoms with Gasteiger partial charge in [0, 0.05) is 11.6 Å². The molecule has 0 spiro atoms. The maximum atomic E-state index is 12.9. The second-order valence-electron chi connectivity index (χ2n) is 6.25. The van der Waals surface area contributed by atoms with Gasteiger partial charge in [0.15, 0.2) is 5.82 Å². The molecular weight excluding hydrogens is 356 g/mol. The zero-order valence-corrected chi connectivity index (χ0v) is 15.3. The number of carbonyl (C=O) groups is 1. The minimum Gasteiger partial charge on any atom is -0.317 e. The van der Waals surface area contributed by atoms with Crippen LogP contribution in [0, 0.1) is 0 Å². The number of aromatic nitrogens is 2. The number of nitrogens with zero attached hydrogens (tertiary/aromatic N) is 2. The van der Waals surface area contributed by atoms with Crippen LogP contribution in [-0.4, -0.2) is 15.3 Å². The maximum absolute atomic E-state index is 12.9. The van der Waals surface area contributed by atoms with Crippen LogP contribution in [0.15, 0.2) is 84.9 Å². The van der Waals surface area contributed by atoms with E-state index in [9.17, 15) is 4.79 Å². The number of rotatable bonds is 5. The molecule has 132 valence electrons. The Morgan fingerprint density at radius 3 is 2.41 bits per heavy atom. The van der Waals surface area contributed by atoms with Crippen molar-refractivity contribution in [3.63, 3.8) is 0 Å². The molecule has 27 heavy (non-hydrogen) atoms. The van der Waals surface area contributed by atoms with Gasteiger partial charge in [0.05, 0.1) is 11.0 Å². The summed E-state index contributed by atoms with van der Waals surface area (Å²) in [5, 5.41) is 0.670. The highest BCUT2D eigenvalue weighted by molar-refractivity contribution is 6.30. The van der Waals surface area contributed by atoms with Crippen molar-refractivity contribution in [2.75, 3.05) is 0 Å². The predicted molar refractivity (Wildman–Crippen MR) is 110 cm³/mol. The number of hydrogen-bond acceptors (Lipinski definition) is 2. The number of allylic oxidation sites excluding steroid dienone is 1. The third-order valence-corrected chi connectivity index (χ3v) is 4.61. The fourth-order valence-corrected chi connectivity index (χ4v) is 3.14. The Hall–Kier alpha value is -3.17. The highest BCUT2D eigenvalue weighted by atomic mass is 35.5. The van der Waals surface area contributed by atoms with Crippen LogP contribution in [0.2, 0.25) is 5.02 Å². The van der Waals surface area contributed by atoms with Gasteiger partial charge in [-0.15, -0.1) is 0 Å². The van der Waals surface area contributed by atoms with Gasteiger partial charge in [0.25, 0.3) is 0 Å². The summed E-state index contributed by atoms with van der Waals surface area (Å²) in [6.45, 7) is 0.594. The van der Waals surface area contributed by atoms with Gasteiger partial charge in [0.1, 0.15) is 0 Å². The first-order valence-electron chi connectivity index (χ1n) is 8.68. The van der Waals surface area contributed by atoms with Crippen molar-refractivity contribution in [3.8, 4) is 0 Å². The summed E-state index contributed by atoms with van der Waals surface area (Å²) >= 11 is 5.91. The van der Waals surface area contributed by atoms with Gasteiger partial charge >= 0.3 is 0 Å². The third-order valence-electron chi connectivity index (χ3n) is 4.36. The van der Waals surface area contributed by atoms with Gasteiger partial charge in [-0.25, -0.2) is 4.98 Å². The lowest BCUT2D eigenvalue weighted by Gasteiger charge is -2.07. The van der Waals surface area contributed by atoms with E-state index in [-0.39, 0.29) is 5.78 Å². The van der Waals surface area contributed by atoms with E-state index in [1.165, 1.54) is 0 Å². The first-order valence-corrected chi connectivity index (χ1v) is 9.06. The molecule has 0 amide bonds. The molecule has 0 aliphatic heterocycles. The van der Waals surface area contributed by atoms with Crippen molar-refractivity contribution in [2.45, 2.75) is 6.54 Å². The Bertz CT molecular complexity index is 1110. The summed E-state index contributed by atoms with van der Waals surface area (Å²) in [5.74, 6) is 0.308. The minimum absolute atomic E-state index is 0.128. The second-order valence-corrected chi connectivity index (χ2v) is 6.68. The van der Waals surface area contributed by atoms with Crippen LogP contribution < -0.4 is 0 Å². The number of benzene rings is 3. The van der Waals surface area contributed by atoms with E-state index in [1.54, 1.807) is 24.3 Å². The smallest absolute Gasteiger partial charge is 0.221 e. The predicted octanol–water partition coefficient (Wildman–Crippen LogP) is 5.63. The Morgan fingerprint density at radius 2 is 1.63 bits per heavy atom. The van der Waals surface area contributed by atoms with Gasteiger partial charge in [-0.1, -0.05) is 72.3 Å². The van der Waals surface area contributed by atoms with Gasteiger partial charge in [-0.3, -0.25) is 4.79 Å². The molecule has 0 atom stereocenters. The van der Waals surface area contributed by atoms with Gasteiger partial charge in [0.2, 0.25) is 5.78 Å². The highest BCUT2D eigenvalue weighted by Crippen LogP contribution is 2.19. The SMILES string of the molecule is O=C(C=Cc1ccc(Cl)cc1)c1nc2ccccc2n1Cc1ccccc1. The van der Waals surface area contributed by atoms with Crippen molar-refractivity contribution in [2.24, 2.45) is 0 Å². The fourth-order valence-electron chi connectivity index (χ4n) is 3.01. The number of hydrogen-bond donors (Lipinski definition) is 0. The lowest BCUT2D eigenvalue weighted by molar-refractivity contribution is 0.103. The first kappa shape index (κ1) is 17.3. The standard InChI is InChI=1S/C23H17ClN2O/c24-19-13-10-17(11-14-19)12-15-22(27)23-25-20-8-4-5-9-21(20)26(23)16-18-6-2-1-3-7-18/h1-15H,16H2. The average Bonchev–Trinajstić information content (AvgIpc) is 3.07. The molecule has 4 aromatic rings. The molecule has 0 bridgehead atoms. The number of para-hydroxylation sites is 2. The zero-order chi connectivity index (χ0) is 18.6. The van der Waals surface area contributed by atoms with Crippen molar-refractivity contribution < 1.29 is 4.79 Å². The molecule has 0 aliphatic rings.